The number of non-ortho nitro benzene ring substituents is 1. The monoisotopic (exact) mass is 362 g/mol. The molecule has 0 radical (unpaired) electrons. The molecule has 2 heterocycles. The van der Waals surface area contributed by atoms with Crippen LogP contribution in [0, 0.1) is 10.1 Å². The number of hydrogen-bond donors (Lipinski definition) is 0. The summed E-state index contributed by atoms with van der Waals surface area (Å²) in [6, 6.07) is 12.5. The van der Waals surface area contributed by atoms with Gasteiger partial charge >= 0.3 is 0 Å². The zero-order chi connectivity index (χ0) is 19.3. The molecule has 136 valence electrons. The van der Waals surface area contributed by atoms with Gasteiger partial charge in [0.1, 0.15) is 11.5 Å². The molecule has 3 aromatic rings. The number of aryl methyl sites for hydroxylation is 1. The number of para-hydroxylation sites is 1. The lowest BCUT2D eigenvalue weighted by atomic mass is 9.80. The molecular weight excluding hydrogens is 344 g/mol. The fraction of sp³-hybridized carbons (Fsp3) is 0.190. The fourth-order valence-electron chi connectivity index (χ4n) is 3.92. The maximum Gasteiger partial charge on any atom is 0.270 e. The molecule has 0 saturated heterocycles. The molecule has 0 fully saturated rings. The number of ether oxygens (including phenoxy) is 1. The number of carbonyl (C=O) groups excluding carboxylic acids is 1. The molecule has 1 aliphatic heterocycles. The van der Waals surface area contributed by atoms with E-state index < -0.39 is 10.8 Å². The molecule has 27 heavy (non-hydrogen) atoms. The average molecular weight is 362 g/mol. The first-order valence-corrected chi connectivity index (χ1v) is 8.60. The minimum atomic E-state index is -0.431. The number of ketones is 1. The second-order valence-electron chi connectivity index (χ2n) is 6.75. The molecule has 0 spiro atoms. The molecule has 6 heteroatoms. The minimum absolute atomic E-state index is 0.0231. The first-order chi connectivity index (χ1) is 12.9. The third-order valence-electron chi connectivity index (χ3n) is 5.06. The Morgan fingerprint density at radius 2 is 1.93 bits per heavy atom. The van der Waals surface area contributed by atoms with Gasteiger partial charge in [-0.05, 0) is 31.5 Å². The highest BCUT2D eigenvalue weighted by Gasteiger charge is 2.35. The fourth-order valence-corrected chi connectivity index (χ4v) is 3.92. The van der Waals surface area contributed by atoms with Crippen LogP contribution >= 0.6 is 0 Å². The van der Waals surface area contributed by atoms with Crippen molar-refractivity contribution < 1.29 is 14.5 Å². The maximum absolute atomic E-state index is 12.5. The van der Waals surface area contributed by atoms with Crippen LogP contribution in [-0.4, -0.2) is 15.3 Å². The predicted molar refractivity (Wildman–Crippen MR) is 102 cm³/mol. The van der Waals surface area contributed by atoms with Crippen LogP contribution in [0.2, 0.25) is 0 Å². The Bertz CT molecular complexity index is 1140. The van der Waals surface area contributed by atoms with E-state index in [0.29, 0.717) is 22.6 Å². The van der Waals surface area contributed by atoms with E-state index in [2.05, 4.69) is 0 Å². The van der Waals surface area contributed by atoms with Gasteiger partial charge in [-0.1, -0.05) is 18.2 Å². The molecule has 1 aromatic heterocycles. The van der Waals surface area contributed by atoms with Crippen LogP contribution < -0.4 is 4.74 Å². The van der Waals surface area contributed by atoms with E-state index >= 15 is 0 Å². The second kappa shape index (κ2) is 6.09. The Morgan fingerprint density at radius 1 is 1.19 bits per heavy atom. The Labute approximate surface area is 155 Å². The number of benzene rings is 2. The summed E-state index contributed by atoms with van der Waals surface area (Å²) in [7, 11) is 1.95. The largest absolute Gasteiger partial charge is 0.461 e. The van der Waals surface area contributed by atoms with E-state index in [1.54, 1.807) is 13.0 Å². The van der Waals surface area contributed by atoms with E-state index in [1.165, 1.54) is 19.1 Å². The molecule has 1 atom stereocenters. The van der Waals surface area contributed by atoms with E-state index in [1.807, 2.05) is 42.1 Å². The Hall–Kier alpha value is -3.41. The van der Waals surface area contributed by atoms with E-state index in [-0.39, 0.29) is 11.5 Å². The summed E-state index contributed by atoms with van der Waals surface area (Å²) in [4.78, 5) is 23.4. The van der Waals surface area contributed by atoms with Gasteiger partial charge in [0.25, 0.3) is 5.69 Å². The van der Waals surface area contributed by atoms with Crippen molar-refractivity contribution in [3.8, 4) is 5.75 Å². The van der Waals surface area contributed by atoms with Crippen molar-refractivity contribution in [2.24, 2.45) is 7.05 Å². The number of carbonyl (C=O) groups is 1. The molecule has 0 amide bonds. The Kier molecular flexibility index (Phi) is 3.84. The molecule has 4 rings (SSSR count). The van der Waals surface area contributed by atoms with Gasteiger partial charge in [0.05, 0.1) is 4.92 Å². The summed E-state index contributed by atoms with van der Waals surface area (Å²) in [5, 5.41) is 12.3. The van der Waals surface area contributed by atoms with Crippen molar-refractivity contribution in [1.29, 1.82) is 0 Å². The van der Waals surface area contributed by atoms with E-state index in [9.17, 15) is 14.9 Å². The van der Waals surface area contributed by atoms with Crippen LogP contribution in [-0.2, 0) is 11.8 Å². The maximum atomic E-state index is 12.5. The highest BCUT2D eigenvalue weighted by molar-refractivity contribution is 5.98. The van der Waals surface area contributed by atoms with Crippen LogP contribution in [0.5, 0.6) is 5.75 Å². The summed E-state index contributed by atoms with van der Waals surface area (Å²) < 4.78 is 7.84. The van der Waals surface area contributed by atoms with Crippen molar-refractivity contribution in [2.75, 3.05) is 0 Å². The van der Waals surface area contributed by atoms with Crippen LogP contribution in [0.15, 0.2) is 60.0 Å². The lowest BCUT2D eigenvalue weighted by molar-refractivity contribution is -0.384. The van der Waals surface area contributed by atoms with Gasteiger partial charge in [-0.25, -0.2) is 0 Å². The Morgan fingerprint density at radius 3 is 2.63 bits per heavy atom. The summed E-state index contributed by atoms with van der Waals surface area (Å²) in [6.45, 7) is 3.27. The van der Waals surface area contributed by atoms with E-state index in [0.717, 1.165) is 16.5 Å². The van der Waals surface area contributed by atoms with Gasteiger partial charge in [0.2, 0.25) is 0 Å². The van der Waals surface area contributed by atoms with Crippen molar-refractivity contribution in [3.63, 3.8) is 0 Å². The third kappa shape index (κ3) is 2.61. The summed E-state index contributed by atoms with van der Waals surface area (Å²) in [5.41, 5.74) is 3.11. The van der Waals surface area contributed by atoms with Gasteiger partial charge in [-0.2, -0.15) is 0 Å². The van der Waals surface area contributed by atoms with Crippen LogP contribution in [0.3, 0.4) is 0 Å². The van der Waals surface area contributed by atoms with Crippen molar-refractivity contribution in [2.45, 2.75) is 19.8 Å². The number of rotatable bonds is 3. The molecule has 0 aliphatic carbocycles. The van der Waals surface area contributed by atoms with Crippen LogP contribution in [0.4, 0.5) is 5.69 Å². The molecule has 0 N–H and O–H groups in total. The number of Topliss-reactive ketones (excluding diaryl/α,β-unsaturated/α-hetero) is 1. The summed E-state index contributed by atoms with van der Waals surface area (Å²) in [6.07, 6.45) is 1.99. The number of fused-ring (bicyclic) bond motifs is 2. The van der Waals surface area contributed by atoms with Crippen LogP contribution in [0.1, 0.15) is 30.9 Å². The van der Waals surface area contributed by atoms with Gasteiger partial charge < -0.3 is 9.30 Å². The van der Waals surface area contributed by atoms with Crippen molar-refractivity contribution in [1.82, 2.24) is 4.57 Å². The molecule has 0 saturated carbocycles. The van der Waals surface area contributed by atoms with Crippen molar-refractivity contribution >= 4 is 22.4 Å². The highest BCUT2D eigenvalue weighted by atomic mass is 16.6. The molecule has 2 aromatic carbocycles. The number of nitrogens with zero attached hydrogens (tertiary/aromatic N) is 2. The smallest absolute Gasteiger partial charge is 0.270 e. The topological polar surface area (TPSA) is 74.4 Å². The first kappa shape index (κ1) is 17.0. The van der Waals surface area contributed by atoms with Gasteiger partial charge in [-0.15, -0.1) is 0 Å². The number of nitro groups is 1. The lowest BCUT2D eigenvalue weighted by Crippen LogP contribution is -2.20. The molecule has 1 unspecified atom stereocenters. The number of hydrogen-bond acceptors (Lipinski definition) is 4. The number of aromatic nitrogens is 1. The third-order valence-corrected chi connectivity index (χ3v) is 5.06. The predicted octanol–water partition coefficient (Wildman–Crippen LogP) is 4.47. The SMILES string of the molecule is CC(=O)C1=C(C)Oc2ccc([N+](=O)[O-])cc2C1c1cn(C)c2ccccc12. The average Bonchev–Trinajstić information content (AvgIpc) is 2.96. The Balaban J connectivity index is 2.05. The van der Waals surface area contributed by atoms with Crippen LogP contribution in [0.25, 0.3) is 10.9 Å². The molecule has 1 aliphatic rings. The molecular formula is C21H18N2O4. The quantitative estimate of drug-likeness (QED) is 0.509. The normalized spacial score (nSPS) is 16.2. The lowest BCUT2D eigenvalue weighted by Gasteiger charge is -2.28. The first-order valence-electron chi connectivity index (χ1n) is 8.60. The molecule has 6 nitrogen and oxygen atoms in total. The molecule has 0 bridgehead atoms. The number of allylic oxidation sites excluding steroid dienone is 2. The summed E-state index contributed by atoms with van der Waals surface area (Å²) in [5.74, 6) is 0.544. The standard InChI is InChI=1S/C21H18N2O4/c1-12(24)20-13(2)27-19-9-8-14(23(25)26)10-16(19)21(20)17-11-22(3)18-7-5-4-6-15(17)18/h4-11,21H,1-3H3. The summed E-state index contributed by atoms with van der Waals surface area (Å²) >= 11 is 0. The second-order valence-corrected chi connectivity index (χ2v) is 6.75. The van der Waals surface area contributed by atoms with E-state index in [4.69, 9.17) is 4.74 Å². The highest BCUT2D eigenvalue weighted by Crippen LogP contribution is 2.46. The van der Waals surface area contributed by atoms with Gasteiger partial charge in [0.15, 0.2) is 5.78 Å². The van der Waals surface area contributed by atoms with Gasteiger partial charge in [0, 0.05) is 53.3 Å². The minimum Gasteiger partial charge on any atom is -0.461 e. The van der Waals surface area contributed by atoms with Crippen molar-refractivity contribution in [3.05, 3.63) is 81.2 Å². The zero-order valence-corrected chi connectivity index (χ0v) is 15.2. The number of nitro benzene ring substituents is 1. The zero-order valence-electron chi connectivity index (χ0n) is 15.2. The van der Waals surface area contributed by atoms with Gasteiger partial charge in [-0.3, -0.25) is 14.9 Å².